The second-order valence-corrected chi connectivity index (χ2v) is 4.73. The summed E-state index contributed by atoms with van der Waals surface area (Å²) in [7, 11) is 1.69. The molecule has 0 bridgehead atoms. The largest absolute Gasteiger partial charge is 0.496 e. The summed E-state index contributed by atoms with van der Waals surface area (Å²) in [6, 6.07) is 8.68. The van der Waals surface area contributed by atoms with Crippen LogP contribution in [0.15, 0.2) is 18.2 Å². The Morgan fingerprint density at radius 3 is 2.62 bits per heavy atom. The Morgan fingerprint density at radius 2 is 2.19 bits per heavy atom. The predicted octanol–water partition coefficient (Wildman–Crippen LogP) is 3.24. The Labute approximate surface area is 96.9 Å². The fourth-order valence-electron chi connectivity index (χ4n) is 2.37. The van der Waals surface area contributed by atoms with Crippen LogP contribution in [0.2, 0.25) is 0 Å². The SMILES string of the molecule is COc1ccc(CC2(C#N)CCC2)cc1C. The first-order valence-corrected chi connectivity index (χ1v) is 5.74. The predicted molar refractivity (Wildman–Crippen MR) is 63.3 cm³/mol. The second kappa shape index (κ2) is 4.17. The summed E-state index contributed by atoms with van der Waals surface area (Å²) in [5, 5.41) is 9.19. The van der Waals surface area contributed by atoms with Gasteiger partial charge in [-0.15, -0.1) is 0 Å². The lowest BCUT2D eigenvalue weighted by molar-refractivity contribution is 0.214. The quantitative estimate of drug-likeness (QED) is 0.775. The van der Waals surface area contributed by atoms with Crippen LogP contribution >= 0.6 is 0 Å². The van der Waals surface area contributed by atoms with Crippen LogP contribution in [-0.2, 0) is 6.42 Å². The van der Waals surface area contributed by atoms with Crippen LogP contribution in [0.3, 0.4) is 0 Å². The van der Waals surface area contributed by atoms with Gasteiger partial charge in [-0.3, -0.25) is 0 Å². The van der Waals surface area contributed by atoms with Gasteiger partial charge >= 0.3 is 0 Å². The molecule has 0 aliphatic heterocycles. The Hall–Kier alpha value is -1.49. The highest BCUT2D eigenvalue weighted by Crippen LogP contribution is 2.43. The number of hydrogen-bond donors (Lipinski definition) is 0. The van der Waals surface area contributed by atoms with Gasteiger partial charge in [0.05, 0.1) is 18.6 Å². The Balaban J connectivity index is 2.17. The van der Waals surface area contributed by atoms with Crippen molar-refractivity contribution in [3.05, 3.63) is 29.3 Å². The van der Waals surface area contributed by atoms with E-state index in [1.807, 2.05) is 13.0 Å². The van der Waals surface area contributed by atoms with Crippen LogP contribution < -0.4 is 4.74 Å². The normalized spacial score (nSPS) is 17.3. The molecule has 0 aromatic heterocycles. The molecule has 0 amide bonds. The van der Waals surface area contributed by atoms with Crippen LogP contribution in [0.25, 0.3) is 0 Å². The average molecular weight is 215 g/mol. The van der Waals surface area contributed by atoms with Crippen molar-refractivity contribution in [1.29, 1.82) is 5.26 Å². The topological polar surface area (TPSA) is 33.0 Å². The second-order valence-electron chi connectivity index (χ2n) is 4.73. The van der Waals surface area contributed by atoms with Gasteiger partial charge in [-0.1, -0.05) is 18.6 Å². The first kappa shape index (κ1) is 11.0. The lowest BCUT2D eigenvalue weighted by Crippen LogP contribution is -2.29. The fraction of sp³-hybridized carbons (Fsp3) is 0.500. The van der Waals surface area contributed by atoms with Gasteiger partial charge in [-0.05, 0) is 43.4 Å². The smallest absolute Gasteiger partial charge is 0.121 e. The number of ether oxygens (including phenoxy) is 1. The van der Waals surface area contributed by atoms with E-state index < -0.39 is 0 Å². The van der Waals surface area contributed by atoms with Gasteiger partial charge < -0.3 is 4.74 Å². The summed E-state index contributed by atoms with van der Waals surface area (Å²) in [4.78, 5) is 0. The summed E-state index contributed by atoms with van der Waals surface area (Å²) < 4.78 is 5.23. The molecule has 0 atom stereocenters. The van der Waals surface area contributed by atoms with Crippen molar-refractivity contribution in [1.82, 2.24) is 0 Å². The van der Waals surface area contributed by atoms with E-state index in [1.54, 1.807) is 7.11 Å². The molecule has 1 fully saturated rings. The lowest BCUT2D eigenvalue weighted by Gasteiger charge is -2.35. The minimum Gasteiger partial charge on any atom is -0.496 e. The van der Waals surface area contributed by atoms with Crippen molar-refractivity contribution >= 4 is 0 Å². The van der Waals surface area contributed by atoms with Crippen molar-refractivity contribution in [2.75, 3.05) is 7.11 Å². The van der Waals surface area contributed by atoms with E-state index in [2.05, 4.69) is 18.2 Å². The average Bonchev–Trinajstić information content (AvgIpc) is 2.24. The van der Waals surface area contributed by atoms with Crippen LogP contribution in [-0.4, -0.2) is 7.11 Å². The van der Waals surface area contributed by atoms with Crippen molar-refractivity contribution in [2.45, 2.75) is 32.6 Å². The summed E-state index contributed by atoms with van der Waals surface area (Å²) >= 11 is 0. The number of hydrogen-bond acceptors (Lipinski definition) is 2. The highest BCUT2D eigenvalue weighted by atomic mass is 16.5. The van der Waals surface area contributed by atoms with Crippen molar-refractivity contribution in [3.63, 3.8) is 0 Å². The van der Waals surface area contributed by atoms with Gasteiger partial charge in [-0.2, -0.15) is 5.26 Å². The molecule has 2 nitrogen and oxygen atoms in total. The summed E-state index contributed by atoms with van der Waals surface area (Å²) in [6.45, 7) is 2.04. The third-order valence-electron chi connectivity index (χ3n) is 3.55. The molecule has 2 heteroatoms. The van der Waals surface area contributed by atoms with Gasteiger partial charge in [0, 0.05) is 0 Å². The van der Waals surface area contributed by atoms with E-state index >= 15 is 0 Å². The van der Waals surface area contributed by atoms with Crippen LogP contribution in [0.4, 0.5) is 0 Å². The Bertz CT molecular complexity index is 427. The van der Waals surface area contributed by atoms with Crippen molar-refractivity contribution in [3.8, 4) is 11.8 Å². The number of benzene rings is 1. The minimum atomic E-state index is -0.0823. The van der Waals surface area contributed by atoms with E-state index in [9.17, 15) is 5.26 Å². The number of aryl methyl sites for hydroxylation is 1. The van der Waals surface area contributed by atoms with Gasteiger partial charge in [0.2, 0.25) is 0 Å². The van der Waals surface area contributed by atoms with E-state index in [0.717, 1.165) is 30.6 Å². The molecule has 0 heterocycles. The van der Waals surface area contributed by atoms with Gasteiger partial charge in [-0.25, -0.2) is 0 Å². The zero-order valence-electron chi connectivity index (χ0n) is 9.92. The number of methoxy groups -OCH3 is 1. The Morgan fingerprint density at radius 1 is 1.44 bits per heavy atom. The molecule has 0 radical (unpaired) electrons. The van der Waals surface area contributed by atoms with E-state index in [0.29, 0.717) is 0 Å². The highest BCUT2D eigenvalue weighted by molar-refractivity contribution is 5.37. The molecule has 0 spiro atoms. The maximum atomic E-state index is 9.19. The number of nitrogens with zero attached hydrogens (tertiary/aromatic N) is 1. The van der Waals surface area contributed by atoms with E-state index in [4.69, 9.17) is 4.74 Å². The van der Waals surface area contributed by atoms with Crippen LogP contribution in [0, 0.1) is 23.7 Å². The fourth-order valence-corrected chi connectivity index (χ4v) is 2.37. The maximum absolute atomic E-state index is 9.19. The number of nitriles is 1. The molecule has 1 aromatic rings. The third kappa shape index (κ3) is 1.90. The molecule has 2 rings (SSSR count). The zero-order chi connectivity index (χ0) is 11.6. The molecular formula is C14H17NO. The van der Waals surface area contributed by atoms with Crippen molar-refractivity contribution in [2.24, 2.45) is 5.41 Å². The molecule has 1 aliphatic rings. The third-order valence-corrected chi connectivity index (χ3v) is 3.55. The zero-order valence-corrected chi connectivity index (χ0v) is 9.92. The molecule has 1 aliphatic carbocycles. The number of rotatable bonds is 3. The molecule has 16 heavy (non-hydrogen) atoms. The lowest BCUT2D eigenvalue weighted by atomic mass is 9.66. The first-order chi connectivity index (χ1) is 7.69. The molecule has 1 aromatic carbocycles. The van der Waals surface area contributed by atoms with E-state index in [-0.39, 0.29) is 5.41 Å². The maximum Gasteiger partial charge on any atom is 0.121 e. The van der Waals surface area contributed by atoms with Crippen LogP contribution in [0.5, 0.6) is 5.75 Å². The van der Waals surface area contributed by atoms with E-state index in [1.165, 1.54) is 12.0 Å². The molecule has 0 saturated heterocycles. The minimum absolute atomic E-state index is 0.0823. The van der Waals surface area contributed by atoms with Crippen LogP contribution in [0.1, 0.15) is 30.4 Å². The van der Waals surface area contributed by atoms with Gasteiger partial charge in [0.25, 0.3) is 0 Å². The van der Waals surface area contributed by atoms with Crippen molar-refractivity contribution < 1.29 is 4.74 Å². The van der Waals surface area contributed by atoms with Gasteiger partial charge in [0.1, 0.15) is 5.75 Å². The molecule has 0 unspecified atom stereocenters. The summed E-state index contributed by atoms with van der Waals surface area (Å²) in [5.41, 5.74) is 2.31. The van der Waals surface area contributed by atoms with Gasteiger partial charge in [0.15, 0.2) is 0 Å². The first-order valence-electron chi connectivity index (χ1n) is 5.74. The monoisotopic (exact) mass is 215 g/mol. The molecular weight excluding hydrogens is 198 g/mol. The summed E-state index contributed by atoms with van der Waals surface area (Å²) in [6.07, 6.45) is 4.18. The standard InChI is InChI=1S/C14H17NO/c1-11-8-12(4-5-13(11)16-2)9-14(10-15)6-3-7-14/h4-5,8H,3,6-7,9H2,1-2H3. The molecule has 1 saturated carbocycles. The highest BCUT2D eigenvalue weighted by Gasteiger charge is 2.37. The summed E-state index contributed by atoms with van der Waals surface area (Å²) in [5.74, 6) is 0.920. The molecule has 84 valence electrons. The Kier molecular flexibility index (Phi) is 2.87. The molecule has 0 N–H and O–H groups in total.